The zero-order chi connectivity index (χ0) is 13.8. The van der Waals surface area contributed by atoms with Crippen LogP contribution in [0.5, 0.6) is 0 Å². The van der Waals surface area contributed by atoms with Crippen LogP contribution in [0.15, 0.2) is 40.6 Å². The van der Waals surface area contributed by atoms with Crippen LogP contribution in [-0.4, -0.2) is 14.9 Å². The second kappa shape index (κ2) is 5.46. The molecule has 19 heavy (non-hydrogen) atoms. The molecular formula is C12H8N4O2S. The monoisotopic (exact) mass is 272 g/mol. The van der Waals surface area contributed by atoms with Crippen molar-refractivity contribution in [3.05, 3.63) is 51.8 Å². The molecule has 1 heterocycles. The summed E-state index contributed by atoms with van der Waals surface area (Å²) in [6.45, 7) is 1.88. The number of nitro groups is 1. The van der Waals surface area contributed by atoms with Crippen molar-refractivity contribution in [3.63, 3.8) is 0 Å². The van der Waals surface area contributed by atoms with Gasteiger partial charge in [0.1, 0.15) is 11.6 Å². The highest BCUT2D eigenvalue weighted by molar-refractivity contribution is 7.99. The smallest absolute Gasteiger partial charge is 0.258 e. The molecular weight excluding hydrogens is 264 g/mol. The van der Waals surface area contributed by atoms with Gasteiger partial charge in [0.2, 0.25) is 0 Å². The average Bonchev–Trinajstić information content (AvgIpc) is 2.41. The molecule has 0 aliphatic rings. The maximum Gasteiger partial charge on any atom is 0.287 e. The average molecular weight is 272 g/mol. The van der Waals surface area contributed by atoms with Crippen molar-refractivity contribution in [1.29, 1.82) is 5.26 Å². The predicted molar refractivity (Wildman–Crippen MR) is 68.7 cm³/mol. The Hall–Kier alpha value is -2.46. The van der Waals surface area contributed by atoms with Crippen LogP contribution >= 0.6 is 11.8 Å². The molecule has 1 aromatic carbocycles. The van der Waals surface area contributed by atoms with Gasteiger partial charge in [-0.2, -0.15) is 5.26 Å². The number of hydrogen-bond donors (Lipinski definition) is 0. The van der Waals surface area contributed by atoms with Crippen LogP contribution < -0.4 is 0 Å². The summed E-state index contributed by atoms with van der Waals surface area (Å²) in [5.74, 6) is 0. The lowest BCUT2D eigenvalue weighted by Crippen LogP contribution is -1.92. The molecule has 0 saturated heterocycles. The highest BCUT2D eigenvalue weighted by Gasteiger charge is 2.14. The van der Waals surface area contributed by atoms with Crippen molar-refractivity contribution in [2.24, 2.45) is 0 Å². The third-order valence-electron chi connectivity index (χ3n) is 2.25. The molecule has 0 aliphatic heterocycles. The summed E-state index contributed by atoms with van der Waals surface area (Å²) in [5.41, 5.74) is 0.782. The first-order valence-electron chi connectivity index (χ1n) is 5.25. The van der Waals surface area contributed by atoms with E-state index in [0.717, 1.165) is 5.56 Å². The molecule has 1 aromatic heterocycles. The first-order chi connectivity index (χ1) is 9.10. The Kier molecular flexibility index (Phi) is 3.73. The van der Waals surface area contributed by atoms with Gasteiger partial charge in [-0.1, -0.05) is 0 Å². The van der Waals surface area contributed by atoms with Gasteiger partial charge >= 0.3 is 0 Å². The fourth-order valence-corrected chi connectivity index (χ4v) is 2.10. The highest BCUT2D eigenvalue weighted by Crippen LogP contribution is 2.28. The van der Waals surface area contributed by atoms with E-state index >= 15 is 0 Å². The van der Waals surface area contributed by atoms with E-state index in [4.69, 9.17) is 5.26 Å². The molecule has 0 unspecified atom stereocenters. The minimum Gasteiger partial charge on any atom is -0.258 e. The molecule has 94 valence electrons. The number of aryl methyl sites for hydroxylation is 1. The number of nitrogens with zero attached hydrogens (tertiary/aromatic N) is 4. The summed E-state index contributed by atoms with van der Waals surface area (Å²) >= 11 is 1.25. The summed E-state index contributed by atoms with van der Waals surface area (Å²) < 4.78 is 0. The van der Waals surface area contributed by atoms with E-state index in [1.807, 2.05) is 13.0 Å². The quantitative estimate of drug-likeness (QED) is 0.484. The Morgan fingerprint density at radius 1 is 1.37 bits per heavy atom. The molecule has 0 bridgehead atoms. The first-order valence-corrected chi connectivity index (χ1v) is 6.07. The Bertz CT molecular complexity index is 664. The number of rotatable bonds is 3. The molecule has 0 fully saturated rings. The minimum absolute atomic E-state index is 0.0297. The molecule has 0 saturated carbocycles. The van der Waals surface area contributed by atoms with Gasteiger partial charge in [0, 0.05) is 23.4 Å². The minimum atomic E-state index is -0.574. The van der Waals surface area contributed by atoms with Crippen molar-refractivity contribution >= 4 is 17.4 Å². The molecule has 2 rings (SSSR count). The van der Waals surface area contributed by atoms with Gasteiger partial charge in [-0.05, 0) is 36.4 Å². The van der Waals surface area contributed by atoms with E-state index in [0.29, 0.717) is 10.1 Å². The van der Waals surface area contributed by atoms with Gasteiger partial charge in [-0.3, -0.25) is 10.1 Å². The number of aromatic nitrogens is 2. The predicted octanol–water partition coefficient (Wildman–Crippen LogP) is 2.72. The van der Waals surface area contributed by atoms with Gasteiger partial charge < -0.3 is 0 Å². The van der Waals surface area contributed by atoms with E-state index in [1.165, 1.54) is 23.9 Å². The number of nitriles is 1. The molecule has 0 spiro atoms. The largest absolute Gasteiger partial charge is 0.287 e. The van der Waals surface area contributed by atoms with Gasteiger partial charge in [-0.15, -0.1) is 0 Å². The van der Waals surface area contributed by atoms with Gasteiger partial charge in [0.15, 0.2) is 5.16 Å². The topological polar surface area (TPSA) is 92.7 Å². The molecule has 0 aliphatic carbocycles. The maximum atomic E-state index is 10.7. The van der Waals surface area contributed by atoms with Crippen LogP contribution in [0.4, 0.5) is 5.69 Å². The lowest BCUT2D eigenvalue weighted by atomic mass is 10.2. The summed E-state index contributed by atoms with van der Waals surface area (Å²) in [5, 5.41) is 20.1. The third-order valence-corrected chi connectivity index (χ3v) is 3.13. The second-order valence-electron chi connectivity index (χ2n) is 3.69. The summed E-state index contributed by atoms with van der Waals surface area (Å²) in [4.78, 5) is 19.1. The number of nitro benzene ring substituents is 1. The van der Waals surface area contributed by atoms with Crippen LogP contribution in [0.1, 0.15) is 11.1 Å². The van der Waals surface area contributed by atoms with E-state index in [2.05, 4.69) is 9.97 Å². The van der Waals surface area contributed by atoms with Crippen molar-refractivity contribution in [1.82, 2.24) is 9.97 Å². The highest BCUT2D eigenvalue weighted by atomic mass is 32.2. The molecule has 0 radical (unpaired) electrons. The Morgan fingerprint density at radius 3 is 2.63 bits per heavy atom. The molecule has 0 amide bonds. The Balaban J connectivity index is 2.29. The number of hydrogen-bond acceptors (Lipinski definition) is 6. The lowest BCUT2D eigenvalue weighted by molar-refractivity contribution is -0.385. The normalized spacial score (nSPS) is 9.89. The van der Waals surface area contributed by atoms with Crippen LogP contribution in [0.2, 0.25) is 0 Å². The lowest BCUT2D eigenvalue weighted by Gasteiger charge is -2.01. The van der Waals surface area contributed by atoms with Crippen molar-refractivity contribution in [3.8, 4) is 6.07 Å². The Morgan fingerprint density at radius 2 is 2.05 bits per heavy atom. The number of benzene rings is 1. The first kappa shape index (κ1) is 13.0. The van der Waals surface area contributed by atoms with Crippen LogP contribution in [0, 0.1) is 28.4 Å². The van der Waals surface area contributed by atoms with Gasteiger partial charge in [0.25, 0.3) is 5.69 Å². The Labute approximate surface area is 113 Å². The van der Waals surface area contributed by atoms with Crippen LogP contribution in [0.25, 0.3) is 0 Å². The fourth-order valence-electron chi connectivity index (χ4n) is 1.37. The van der Waals surface area contributed by atoms with Crippen molar-refractivity contribution < 1.29 is 4.92 Å². The zero-order valence-corrected chi connectivity index (χ0v) is 10.7. The van der Waals surface area contributed by atoms with E-state index < -0.39 is 4.92 Å². The van der Waals surface area contributed by atoms with Gasteiger partial charge in [0.05, 0.1) is 4.92 Å². The summed E-state index contributed by atoms with van der Waals surface area (Å²) in [6, 6.07) is 6.17. The molecule has 6 nitrogen and oxygen atoms in total. The fraction of sp³-hybridized carbons (Fsp3) is 0.0833. The summed E-state index contributed by atoms with van der Waals surface area (Å²) in [7, 11) is 0. The van der Waals surface area contributed by atoms with E-state index in [9.17, 15) is 10.1 Å². The molecule has 2 aromatic rings. The maximum absolute atomic E-state index is 10.7. The standard InChI is InChI=1S/C12H8N4O2S/c1-8-6-14-12(15-7-8)19-10-2-3-11(16(17)18)9(4-10)5-13/h2-4,6-7H,1H3. The van der Waals surface area contributed by atoms with E-state index in [1.54, 1.807) is 18.5 Å². The van der Waals surface area contributed by atoms with Crippen molar-refractivity contribution in [2.75, 3.05) is 0 Å². The van der Waals surface area contributed by atoms with Crippen LogP contribution in [0.3, 0.4) is 0 Å². The molecule has 7 heteroatoms. The molecule has 0 N–H and O–H groups in total. The van der Waals surface area contributed by atoms with Crippen molar-refractivity contribution in [2.45, 2.75) is 17.0 Å². The van der Waals surface area contributed by atoms with Crippen LogP contribution in [-0.2, 0) is 0 Å². The molecule has 0 atom stereocenters. The summed E-state index contributed by atoms with van der Waals surface area (Å²) in [6.07, 6.45) is 3.37. The third kappa shape index (κ3) is 3.05. The van der Waals surface area contributed by atoms with Gasteiger partial charge in [-0.25, -0.2) is 9.97 Å². The zero-order valence-electron chi connectivity index (χ0n) is 9.90. The second-order valence-corrected chi connectivity index (χ2v) is 4.73. The van der Waals surface area contributed by atoms with E-state index in [-0.39, 0.29) is 11.3 Å². The SMILES string of the molecule is Cc1cnc(Sc2ccc([N+](=O)[O-])c(C#N)c2)nc1.